The highest BCUT2D eigenvalue weighted by atomic mass is 14.8. The third-order valence-corrected chi connectivity index (χ3v) is 10.5. The number of nitrogens with zero attached hydrogens (tertiary/aromatic N) is 4. The number of fused-ring (bicyclic) bond motifs is 12. The molecular weight excluding hydrogens is 633 g/mol. The number of hydrogen-bond donors (Lipinski definition) is 0. The van der Waals surface area contributed by atoms with Crippen molar-refractivity contribution in [3.05, 3.63) is 156 Å². The molecule has 8 aromatic carbocycles. The van der Waals surface area contributed by atoms with Gasteiger partial charge in [-0.2, -0.15) is 0 Å². The fourth-order valence-electron chi connectivity index (χ4n) is 7.90. The lowest BCUT2D eigenvalue weighted by atomic mass is 9.96. The van der Waals surface area contributed by atoms with Gasteiger partial charge in [-0.15, -0.1) is 0 Å². The normalized spacial score (nSPS) is 11.8. The van der Waals surface area contributed by atoms with Crippen molar-refractivity contribution in [2.24, 2.45) is 0 Å². The maximum atomic E-state index is 5.30. The van der Waals surface area contributed by atoms with Crippen molar-refractivity contribution in [2.75, 3.05) is 0 Å². The van der Waals surface area contributed by atoms with Crippen LogP contribution in [-0.2, 0) is 0 Å². The van der Waals surface area contributed by atoms with E-state index in [-0.39, 0.29) is 0 Å². The van der Waals surface area contributed by atoms with Gasteiger partial charge in [0.1, 0.15) is 0 Å². The lowest BCUT2D eigenvalue weighted by Crippen LogP contribution is -1.94. The van der Waals surface area contributed by atoms with Crippen molar-refractivity contribution in [3.63, 3.8) is 0 Å². The van der Waals surface area contributed by atoms with Crippen LogP contribution in [0.15, 0.2) is 134 Å². The van der Waals surface area contributed by atoms with Gasteiger partial charge in [-0.3, -0.25) is 9.97 Å². The molecule has 0 atom stereocenters. The van der Waals surface area contributed by atoms with Crippen LogP contribution in [0.25, 0.3) is 98.8 Å². The molecule has 0 bridgehead atoms. The van der Waals surface area contributed by atoms with Gasteiger partial charge in [0.05, 0.1) is 45.8 Å². The predicted molar refractivity (Wildman–Crippen MR) is 218 cm³/mol. The molecule has 246 valence electrons. The highest BCUT2D eigenvalue weighted by Crippen LogP contribution is 2.38. The summed E-state index contributed by atoms with van der Waals surface area (Å²) in [5.74, 6) is 0. The van der Waals surface area contributed by atoms with E-state index in [0.717, 1.165) is 77.3 Å². The van der Waals surface area contributed by atoms with Crippen LogP contribution in [0.1, 0.15) is 22.3 Å². The molecule has 4 nitrogen and oxygen atoms in total. The van der Waals surface area contributed by atoms with E-state index in [4.69, 9.17) is 19.9 Å². The average Bonchev–Trinajstić information content (AvgIpc) is 3.17. The molecule has 0 aliphatic heterocycles. The molecule has 52 heavy (non-hydrogen) atoms. The molecule has 2 heterocycles. The van der Waals surface area contributed by atoms with Crippen LogP contribution >= 0.6 is 0 Å². The number of benzene rings is 8. The Morgan fingerprint density at radius 3 is 1.00 bits per heavy atom. The molecule has 0 N–H and O–H groups in total. The Morgan fingerprint density at radius 1 is 0.308 bits per heavy atom. The van der Waals surface area contributed by atoms with Gasteiger partial charge in [-0.05, 0) is 96.8 Å². The molecule has 0 fully saturated rings. The molecule has 10 rings (SSSR count). The Balaban J connectivity index is 1.09. The summed E-state index contributed by atoms with van der Waals surface area (Å²) in [6.07, 6.45) is 3.84. The van der Waals surface area contributed by atoms with Crippen molar-refractivity contribution in [2.45, 2.75) is 27.7 Å². The van der Waals surface area contributed by atoms with E-state index in [0.29, 0.717) is 0 Å². The first-order valence-corrected chi connectivity index (χ1v) is 17.8. The SMILES string of the molecule is Cc1ccc2c3ccc(C)cc3c3nc(-c4cccc(-c5cccc(-c6cnc7c8cc(C)ccc8c8ccc(C)cc8c7n6)c5)c4)cnc3c2c1. The van der Waals surface area contributed by atoms with Crippen molar-refractivity contribution in [1.82, 2.24) is 19.9 Å². The van der Waals surface area contributed by atoms with Gasteiger partial charge in [-0.1, -0.05) is 107 Å². The van der Waals surface area contributed by atoms with Crippen LogP contribution in [0.5, 0.6) is 0 Å². The lowest BCUT2D eigenvalue weighted by Gasteiger charge is -2.13. The second-order valence-corrected chi connectivity index (χ2v) is 14.3. The molecule has 4 heteroatoms. The van der Waals surface area contributed by atoms with Crippen molar-refractivity contribution in [1.29, 1.82) is 0 Å². The lowest BCUT2D eigenvalue weighted by molar-refractivity contribution is 1.30. The summed E-state index contributed by atoms with van der Waals surface area (Å²) in [6, 6.07) is 43.7. The van der Waals surface area contributed by atoms with E-state index in [2.05, 4.69) is 149 Å². The number of hydrogen-bond acceptors (Lipinski definition) is 4. The standard InChI is InChI=1S/C48H34N4/c1-27-11-15-35-37-17-13-29(3)21-41(37)47-45(39(35)19-27)49-25-43(51-47)33-9-5-7-31(23-33)32-8-6-10-34(24-32)44-26-50-46-40-20-28(2)12-16-36(40)38-18-14-30(4)22-42(38)48(46)52-44/h5-26H,1-4H3. The first kappa shape index (κ1) is 30.3. The van der Waals surface area contributed by atoms with Gasteiger partial charge >= 0.3 is 0 Å². The minimum absolute atomic E-state index is 0.852. The fourth-order valence-corrected chi connectivity index (χ4v) is 7.90. The molecule has 0 saturated heterocycles. The first-order chi connectivity index (χ1) is 25.4. The third-order valence-electron chi connectivity index (χ3n) is 10.5. The Hall–Kier alpha value is -6.52. The summed E-state index contributed by atoms with van der Waals surface area (Å²) in [7, 11) is 0. The second-order valence-electron chi connectivity index (χ2n) is 14.3. The second kappa shape index (κ2) is 11.5. The molecule has 0 radical (unpaired) electrons. The Bertz CT molecular complexity index is 2910. The van der Waals surface area contributed by atoms with Crippen LogP contribution in [-0.4, -0.2) is 19.9 Å². The Kier molecular flexibility index (Phi) is 6.71. The van der Waals surface area contributed by atoms with E-state index < -0.39 is 0 Å². The third kappa shape index (κ3) is 4.83. The van der Waals surface area contributed by atoms with Gasteiger partial charge in [0.2, 0.25) is 0 Å². The summed E-state index contributed by atoms with van der Waals surface area (Å²) in [4.78, 5) is 20.7. The molecule has 0 unspecified atom stereocenters. The summed E-state index contributed by atoms with van der Waals surface area (Å²) < 4.78 is 0. The van der Waals surface area contributed by atoms with E-state index >= 15 is 0 Å². The van der Waals surface area contributed by atoms with Crippen LogP contribution in [0.4, 0.5) is 0 Å². The van der Waals surface area contributed by atoms with Crippen LogP contribution in [0.2, 0.25) is 0 Å². The largest absolute Gasteiger partial charge is 0.252 e. The molecule has 10 aromatic rings. The Morgan fingerprint density at radius 2 is 0.635 bits per heavy atom. The first-order valence-electron chi connectivity index (χ1n) is 17.8. The van der Waals surface area contributed by atoms with E-state index in [1.807, 2.05) is 12.4 Å². The summed E-state index contributed by atoms with van der Waals surface area (Å²) in [5.41, 5.74) is 14.5. The zero-order valence-electron chi connectivity index (χ0n) is 29.5. The number of rotatable bonds is 3. The highest BCUT2D eigenvalue weighted by Gasteiger charge is 2.16. The molecule has 0 aliphatic carbocycles. The van der Waals surface area contributed by atoms with E-state index in [1.165, 1.54) is 43.8 Å². The summed E-state index contributed by atoms with van der Waals surface area (Å²) >= 11 is 0. The van der Waals surface area contributed by atoms with Crippen LogP contribution in [0.3, 0.4) is 0 Å². The molecular formula is C48H34N4. The van der Waals surface area contributed by atoms with E-state index in [1.54, 1.807) is 0 Å². The van der Waals surface area contributed by atoms with Gasteiger partial charge in [0, 0.05) is 32.7 Å². The van der Waals surface area contributed by atoms with Crippen molar-refractivity contribution in [3.8, 4) is 33.6 Å². The summed E-state index contributed by atoms with van der Waals surface area (Å²) in [5, 5.41) is 9.36. The predicted octanol–water partition coefficient (Wildman–Crippen LogP) is 12.4. The maximum absolute atomic E-state index is 5.30. The van der Waals surface area contributed by atoms with Crippen molar-refractivity contribution >= 4 is 65.2 Å². The van der Waals surface area contributed by atoms with E-state index in [9.17, 15) is 0 Å². The smallest absolute Gasteiger partial charge is 0.0979 e. The molecule has 0 spiro atoms. The van der Waals surface area contributed by atoms with Gasteiger partial charge in [-0.25, -0.2) is 9.97 Å². The average molecular weight is 667 g/mol. The molecule has 2 aromatic heterocycles. The fraction of sp³-hybridized carbons (Fsp3) is 0.0833. The quantitative estimate of drug-likeness (QED) is 0.176. The summed E-state index contributed by atoms with van der Waals surface area (Å²) in [6.45, 7) is 8.53. The number of aryl methyl sites for hydroxylation is 4. The minimum Gasteiger partial charge on any atom is -0.252 e. The zero-order chi connectivity index (χ0) is 35.1. The van der Waals surface area contributed by atoms with Crippen LogP contribution in [0, 0.1) is 27.7 Å². The van der Waals surface area contributed by atoms with Gasteiger partial charge in [0.15, 0.2) is 0 Å². The Labute approximate surface area is 301 Å². The minimum atomic E-state index is 0.852. The van der Waals surface area contributed by atoms with Gasteiger partial charge in [0.25, 0.3) is 0 Å². The molecule has 0 aliphatic rings. The molecule has 0 saturated carbocycles. The molecule has 0 amide bonds. The maximum Gasteiger partial charge on any atom is 0.0979 e. The highest BCUT2D eigenvalue weighted by molar-refractivity contribution is 6.24. The monoisotopic (exact) mass is 666 g/mol. The number of aromatic nitrogens is 4. The van der Waals surface area contributed by atoms with Crippen molar-refractivity contribution < 1.29 is 0 Å². The topological polar surface area (TPSA) is 51.6 Å². The van der Waals surface area contributed by atoms with Gasteiger partial charge < -0.3 is 0 Å². The zero-order valence-corrected chi connectivity index (χ0v) is 29.5. The van der Waals surface area contributed by atoms with Crippen LogP contribution < -0.4 is 0 Å².